The van der Waals surface area contributed by atoms with Crippen LogP contribution in [0.15, 0.2) is 28.7 Å². The Labute approximate surface area is 193 Å². The minimum atomic E-state index is -1.06. The molecule has 3 aliphatic rings. The van der Waals surface area contributed by atoms with Gasteiger partial charge in [0, 0.05) is 19.7 Å². The molecule has 7 atom stereocenters. The fourth-order valence-corrected chi connectivity index (χ4v) is 6.97. The molecule has 1 saturated heterocycles. The predicted octanol–water partition coefficient (Wildman–Crippen LogP) is 3.34. The normalized spacial score (nSPS) is 33.7. The zero-order valence-corrected chi connectivity index (χ0v) is 20.1. The maximum absolute atomic E-state index is 13.0. The summed E-state index contributed by atoms with van der Waals surface area (Å²) in [5, 5.41) is 0. The van der Waals surface area contributed by atoms with Gasteiger partial charge in [-0.25, -0.2) is 4.79 Å². The lowest BCUT2D eigenvalue weighted by atomic mass is 9.81. The van der Waals surface area contributed by atoms with Gasteiger partial charge in [0.2, 0.25) is 11.8 Å². The highest BCUT2D eigenvalue weighted by Gasteiger charge is 2.67. The SMILES string of the molecule is C[C@H](C(=O)OCC(=O)c1ccc(Br)cc1)N1C(=O)[C@@H]2[C@H]3C[C@@H]([C@H](Br)[C@@H]3Br)[C@@H]2C1=O. The number of benzene rings is 1. The molecule has 0 N–H and O–H groups in total. The van der Waals surface area contributed by atoms with Gasteiger partial charge in [0.15, 0.2) is 12.4 Å². The quantitative estimate of drug-likeness (QED) is 0.227. The molecule has 1 aliphatic heterocycles. The number of fused-ring (bicyclic) bond motifs is 5. The van der Waals surface area contributed by atoms with Crippen molar-refractivity contribution in [1.82, 2.24) is 4.90 Å². The molecule has 4 rings (SSSR count). The Bertz CT molecular complexity index is 857. The Balaban J connectivity index is 1.42. The largest absolute Gasteiger partial charge is 0.456 e. The number of carbonyl (C=O) groups is 4. The number of imide groups is 1. The Hall–Kier alpha value is -1.06. The summed E-state index contributed by atoms with van der Waals surface area (Å²) in [7, 11) is 0. The van der Waals surface area contributed by atoms with Crippen molar-refractivity contribution in [2.45, 2.75) is 29.0 Å². The van der Waals surface area contributed by atoms with Gasteiger partial charge in [0.05, 0.1) is 11.8 Å². The first-order valence-corrected chi connectivity index (χ1v) is 11.9. The first-order chi connectivity index (χ1) is 13.7. The summed E-state index contributed by atoms with van der Waals surface area (Å²) in [6.45, 7) is 1.04. The molecule has 1 aromatic rings. The van der Waals surface area contributed by atoms with Crippen LogP contribution in [0.3, 0.4) is 0 Å². The molecule has 2 aliphatic carbocycles. The predicted molar refractivity (Wildman–Crippen MR) is 115 cm³/mol. The minimum Gasteiger partial charge on any atom is -0.456 e. The van der Waals surface area contributed by atoms with Crippen LogP contribution in [-0.2, 0) is 19.1 Å². The zero-order chi connectivity index (χ0) is 21.0. The van der Waals surface area contributed by atoms with Gasteiger partial charge in [-0.05, 0) is 37.3 Å². The van der Waals surface area contributed by atoms with E-state index in [-0.39, 0.29) is 50.9 Å². The highest BCUT2D eigenvalue weighted by molar-refractivity contribution is 9.12. The summed E-state index contributed by atoms with van der Waals surface area (Å²) in [4.78, 5) is 52.0. The number of rotatable bonds is 5. The number of nitrogens with zero attached hydrogens (tertiary/aromatic N) is 1. The second-order valence-electron chi connectivity index (χ2n) is 7.76. The van der Waals surface area contributed by atoms with Gasteiger partial charge in [0.1, 0.15) is 6.04 Å². The smallest absolute Gasteiger partial charge is 0.329 e. The number of hydrogen-bond donors (Lipinski definition) is 0. The van der Waals surface area contributed by atoms with Gasteiger partial charge in [0.25, 0.3) is 0 Å². The number of hydrogen-bond acceptors (Lipinski definition) is 5. The number of ketones is 1. The number of likely N-dealkylation sites (tertiary alicyclic amines) is 1. The summed E-state index contributed by atoms with van der Waals surface area (Å²) in [5.74, 6) is -2.32. The molecular weight excluding hydrogens is 574 g/mol. The molecule has 6 nitrogen and oxygen atoms in total. The lowest BCUT2D eigenvalue weighted by Gasteiger charge is -2.28. The van der Waals surface area contributed by atoms with Gasteiger partial charge < -0.3 is 4.74 Å². The van der Waals surface area contributed by atoms with Crippen LogP contribution in [0.5, 0.6) is 0 Å². The third kappa shape index (κ3) is 3.43. The highest BCUT2D eigenvalue weighted by Crippen LogP contribution is 2.60. The molecular formula is C20H18Br3NO5. The summed E-state index contributed by atoms with van der Waals surface area (Å²) >= 11 is 10.6. The van der Waals surface area contributed by atoms with E-state index in [9.17, 15) is 19.2 Å². The van der Waals surface area contributed by atoms with Crippen LogP contribution in [0.2, 0.25) is 0 Å². The lowest BCUT2D eigenvalue weighted by molar-refractivity contribution is -0.157. The maximum Gasteiger partial charge on any atom is 0.329 e. The van der Waals surface area contributed by atoms with Crippen molar-refractivity contribution in [2.24, 2.45) is 23.7 Å². The zero-order valence-electron chi connectivity index (χ0n) is 15.4. The number of carbonyl (C=O) groups excluding carboxylic acids is 4. The molecule has 2 saturated carbocycles. The van der Waals surface area contributed by atoms with Crippen LogP contribution in [0.4, 0.5) is 0 Å². The van der Waals surface area contributed by atoms with Crippen molar-refractivity contribution in [3.63, 3.8) is 0 Å². The van der Waals surface area contributed by atoms with Crippen molar-refractivity contribution < 1.29 is 23.9 Å². The molecule has 3 fully saturated rings. The number of esters is 1. The van der Waals surface area contributed by atoms with E-state index in [1.54, 1.807) is 24.3 Å². The molecule has 0 aromatic heterocycles. The Morgan fingerprint density at radius 3 is 2.10 bits per heavy atom. The Kier molecular flexibility index (Phi) is 5.76. The third-order valence-electron chi connectivity index (χ3n) is 6.26. The van der Waals surface area contributed by atoms with E-state index in [0.29, 0.717) is 5.56 Å². The van der Waals surface area contributed by atoms with Gasteiger partial charge in [-0.2, -0.15) is 0 Å². The first-order valence-electron chi connectivity index (χ1n) is 9.32. The molecule has 2 amide bonds. The van der Waals surface area contributed by atoms with E-state index in [4.69, 9.17) is 4.74 Å². The summed E-state index contributed by atoms with van der Waals surface area (Å²) < 4.78 is 5.96. The average Bonchev–Trinajstić information content (AvgIpc) is 3.30. The molecule has 1 heterocycles. The van der Waals surface area contributed by atoms with Crippen molar-refractivity contribution in [1.29, 1.82) is 0 Å². The monoisotopic (exact) mass is 589 g/mol. The first kappa shape index (κ1) is 21.2. The molecule has 154 valence electrons. The van der Waals surface area contributed by atoms with Crippen LogP contribution in [0.1, 0.15) is 23.7 Å². The number of ether oxygens (including phenoxy) is 1. The fourth-order valence-electron chi connectivity index (χ4n) is 4.84. The molecule has 29 heavy (non-hydrogen) atoms. The fraction of sp³-hybridized carbons (Fsp3) is 0.500. The van der Waals surface area contributed by atoms with Crippen molar-refractivity contribution in [3.05, 3.63) is 34.3 Å². The number of halogens is 3. The molecule has 9 heteroatoms. The molecule has 0 spiro atoms. The summed E-state index contributed by atoms with van der Waals surface area (Å²) in [6, 6.07) is 5.64. The number of Topliss-reactive ketones (excluding diaryl/α,β-unsaturated/α-hetero) is 1. The van der Waals surface area contributed by atoms with E-state index in [2.05, 4.69) is 47.8 Å². The molecule has 2 bridgehead atoms. The van der Waals surface area contributed by atoms with E-state index in [1.807, 2.05) is 0 Å². The van der Waals surface area contributed by atoms with Gasteiger partial charge >= 0.3 is 5.97 Å². The van der Waals surface area contributed by atoms with Crippen LogP contribution >= 0.6 is 47.8 Å². The maximum atomic E-state index is 13.0. The minimum absolute atomic E-state index is 0.0815. The number of alkyl halides is 2. The third-order valence-corrected chi connectivity index (χ3v) is 10.00. The Morgan fingerprint density at radius 1 is 1.07 bits per heavy atom. The van der Waals surface area contributed by atoms with Gasteiger partial charge in [-0.15, -0.1) is 0 Å². The molecule has 0 unspecified atom stereocenters. The highest BCUT2D eigenvalue weighted by atomic mass is 79.9. The number of amides is 2. The van der Waals surface area contributed by atoms with Crippen LogP contribution in [0.25, 0.3) is 0 Å². The summed E-state index contributed by atoms with van der Waals surface area (Å²) in [6.07, 6.45) is 0.826. The standard InChI is InChI=1S/C20H18Br3NO5/c1-8(20(28)29-7-13(25)9-2-4-10(21)5-3-9)24-18(26)14-11-6-12(15(14)19(24)27)17(23)16(11)22/h2-5,8,11-12,14-17H,6-7H2,1H3/t8-,11-,12-,14-,15+,16-,17+/m1/s1. The van der Waals surface area contributed by atoms with Gasteiger partial charge in [-0.1, -0.05) is 59.9 Å². The van der Waals surface area contributed by atoms with Crippen LogP contribution < -0.4 is 0 Å². The van der Waals surface area contributed by atoms with Gasteiger partial charge in [-0.3, -0.25) is 19.3 Å². The Morgan fingerprint density at radius 2 is 1.59 bits per heavy atom. The second-order valence-corrected chi connectivity index (χ2v) is 10.8. The van der Waals surface area contributed by atoms with Crippen molar-refractivity contribution >= 4 is 71.4 Å². The van der Waals surface area contributed by atoms with Crippen molar-refractivity contribution in [2.75, 3.05) is 6.61 Å². The lowest BCUT2D eigenvalue weighted by Crippen LogP contribution is -2.45. The van der Waals surface area contributed by atoms with Crippen LogP contribution in [-0.4, -0.2) is 50.8 Å². The summed E-state index contributed by atoms with van der Waals surface area (Å²) in [5.41, 5.74) is 0.416. The average molecular weight is 592 g/mol. The second kappa shape index (κ2) is 7.89. The van der Waals surface area contributed by atoms with E-state index < -0.39 is 18.6 Å². The van der Waals surface area contributed by atoms with Crippen molar-refractivity contribution in [3.8, 4) is 0 Å². The van der Waals surface area contributed by atoms with Crippen LogP contribution in [0, 0.1) is 23.7 Å². The topological polar surface area (TPSA) is 80.8 Å². The molecule has 1 aromatic carbocycles. The van der Waals surface area contributed by atoms with E-state index >= 15 is 0 Å². The molecule has 0 radical (unpaired) electrons. The van der Waals surface area contributed by atoms with E-state index in [1.165, 1.54) is 6.92 Å². The van der Waals surface area contributed by atoms with E-state index in [0.717, 1.165) is 15.8 Å².